The summed E-state index contributed by atoms with van der Waals surface area (Å²) in [5.41, 5.74) is 0. The Morgan fingerprint density at radius 2 is 1.67 bits per heavy atom. The minimum Gasteiger partial charge on any atom is -0.370 e. The highest BCUT2D eigenvalue weighted by Gasteiger charge is 2.09. The highest BCUT2D eigenvalue weighted by atomic mass is 16.5. The van der Waals surface area contributed by atoms with Crippen LogP contribution >= 0.6 is 0 Å². The van der Waals surface area contributed by atoms with Crippen LogP contribution in [0.1, 0.15) is 27.7 Å². The van der Waals surface area contributed by atoms with Crippen molar-refractivity contribution in [1.82, 2.24) is 0 Å². The molecule has 0 bridgehead atoms. The maximum atomic E-state index is 7.04. The van der Waals surface area contributed by atoms with Crippen molar-refractivity contribution >= 4 is 6.21 Å². The van der Waals surface area contributed by atoms with Crippen molar-refractivity contribution in [2.45, 2.75) is 46.0 Å². The summed E-state index contributed by atoms with van der Waals surface area (Å²) in [6.45, 7) is 9.29. The van der Waals surface area contributed by atoms with E-state index in [4.69, 9.17) is 14.9 Å². The van der Waals surface area contributed by atoms with Gasteiger partial charge in [-0.05, 0) is 27.7 Å². The van der Waals surface area contributed by atoms with Gasteiger partial charge in [0.25, 0.3) is 0 Å². The standard InChI is InChI=1S/C9H18NO2/c1-7(2)11-6-9(5-10)12-8(3)4/h5-10H,1-4H3. The highest BCUT2D eigenvalue weighted by Crippen LogP contribution is 2.02. The van der Waals surface area contributed by atoms with Crippen LogP contribution in [-0.2, 0) is 9.47 Å². The maximum Gasteiger partial charge on any atom is 0.121 e. The normalized spacial score (nSPS) is 13.8. The predicted molar refractivity (Wildman–Crippen MR) is 49.3 cm³/mol. The Labute approximate surface area is 74.6 Å². The Morgan fingerprint density at radius 3 is 2.00 bits per heavy atom. The van der Waals surface area contributed by atoms with E-state index in [0.717, 1.165) is 0 Å². The molecule has 0 aromatic heterocycles. The predicted octanol–water partition coefficient (Wildman–Crippen LogP) is 2.02. The van der Waals surface area contributed by atoms with Crippen LogP contribution in [-0.4, -0.2) is 24.5 Å². The summed E-state index contributed by atoms with van der Waals surface area (Å²) in [6.07, 6.45) is 1.15. The summed E-state index contributed by atoms with van der Waals surface area (Å²) in [7, 11) is 0. The van der Waals surface area contributed by atoms with Crippen molar-refractivity contribution in [3.05, 3.63) is 6.61 Å². The van der Waals surface area contributed by atoms with Gasteiger partial charge >= 0.3 is 0 Å². The summed E-state index contributed by atoms with van der Waals surface area (Å²) in [6, 6.07) is 0. The van der Waals surface area contributed by atoms with Gasteiger partial charge in [0.05, 0.1) is 12.2 Å². The second kappa shape index (κ2) is 6.14. The van der Waals surface area contributed by atoms with E-state index in [1.807, 2.05) is 27.7 Å². The van der Waals surface area contributed by atoms with E-state index in [1.54, 1.807) is 6.61 Å². The van der Waals surface area contributed by atoms with Crippen molar-refractivity contribution in [3.8, 4) is 0 Å². The number of hydrogen-bond donors (Lipinski definition) is 1. The smallest absolute Gasteiger partial charge is 0.121 e. The van der Waals surface area contributed by atoms with E-state index in [1.165, 1.54) is 6.21 Å². The molecule has 0 saturated carbocycles. The number of hydrogen-bond acceptors (Lipinski definition) is 3. The summed E-state index contributed by atoms with van der Waals surface area (Å²) in [5.74, 6) is 0. The first kappa shape index (κ1) is 11.6. The Hall–Kier alpha value is -0.410. The van der Waals surface area contributed by atoms with Crippen LogP contribution in [0.15, 0.2) is 0 Å². The zero-order valence-electron chi connectivity index (χ0n) is 8.20. The first-order chi connectivity index (χ1) is 5.56. The van der Waals surface area contributed by atoms with Gasteiger partial charge in [0, 0.05) is 6.21 Å². The van der Waals surface area contributed by atoms with E-state index in [0.29, 0.717) is 0 Å². The van der Waals surface area contributed by atoms with E-state index in [2.05, 4.69) is 0 Å². The molecule has 0 rings (SSSR count). The fourth-order valence-corrected chi connectivity index (χ4v) is 0.659. The molecule has 0 spiro atoms. The fourth-order valence-electron chi connectivity index (χ4n) is 0.659. The molecule has 0 aromatic carbocycles. The third-order valence-electron chi connectivity index (χ3n) is 1.08. The third-order valence-corrected chi connectivity index (χ3v) is 1.08. The first-order valence-corrected chi connectivity index (χ1v) is 4.21. The molecular formula is C9H18NO2. The summed E-state index contributed by atoms with van der Waals surface area (Å²) >= 11 is 0. The summed E-state index contributed by atoms with van der Waals surface area (Å²) in [4.78, 5) is 0. The Kier molecular flexibility index (Phi) is 5.93. The highest BCUT2D eigenvalue weighted by molar-refractivity contribution is 5.60. The van der Waals surface area contributed by atoms with Crippen LogP contribution < -0.4 is 0 Å². The van der Waals surface area contributed by atoms with E-state index in [9.17, 15) is 0 Å². The van der Waals surface area contributed by atoms with Gasteiger partial charge in [-0.1, -0.05) is 0 Å². The fraction of sp³-hybridized carbons (Fsp3) is 0.778. The molecule has 1 radical (unpaired) electrons. The van der Waals surface area contributed by atoms with Gasteiger partial charge in [-0.2, -0.15) is 0 Å². The number of ether oxygens (including phenoxy) is 2. The molecule has 0 saturated heterocycles. The summed E-state index contributed by atoms with van der Waals surface area (Å²) < 4.78 is 10.5. The van der Waals surface area contributed by atoms with Crippen LogP contribution in [0.4, 0.5) is 0 Å². The number of nitrogens with one attached hydrogen (secondary N) is 1. The van der Waals surface area contributed by atoms with Gasteiger partial charge in [-0.25, -0.2) is 0 Å². The first-order valence-electron chi connectivity index (χ1n) is 4.21. The molecule has 0 aliphatic rings. The largest absolute Gasteiger partial charge is 0.370 e. The Bertz CT molecular complexity index is 124. The molecule has 3 nitrogen and oxygen atoms in total. The Balaban J connectivity index is 3.60. The summed E-state index contributed by atoms with van der Waals surface area (Å²) in [5, 5.41) is 7.04. The molecule has 0 aliphatic heterocycles. The third kappa shape index (κ3) is 6.31. The minimum atomic E-state index is -0.326. The SMILES string of the molecule is CC(C)O[CH]C(C=N)OC(C)C. The quantitative estimate of drug-likeness (QED) is 0.623. The van der Waals surface area contributed by atoms with Gasteiger partial charge in [0.15, 0.2) is 0 Å². The lowest BCUT2D eigenvalue weighted by molar-refractivity contribution is 0.0111. The lowest BCUT2D eigenvalue weighted by atomic mass is 10.3. The average Bonchev–Trinajstić information content (AvgIpc) is 1.97. The van der Waals surface area contributed by atoms with Gasteiger partial charge in [-0.3, -0.25) is 0 Å². The van der Waals surface area contributed by atoms with E-state index in [-0.39, 0.29) is 18.3 Å². The van der Waals surface area contributed by atoms with Crippen molar-refractivity contribution in [1.29, 1.82) is 5.41 Å². The minimum absolute atomic E-state index is 0.114. The zero-order valence-corrected chi connectivity index (χ0v) is 8.20. The van der Waals surface area contributed by atoms with Crippen molar-refractivity contribution in [2.75, 3.05) is 0 Å². The molecular weight excluding hydrogens is 154 g/mol. The molecule has 1 unspecified atom stereocenters. The van der Waals surface area contributed by atoms with Crippen LogP contribution in [0, 0.1) is 12.0 Å². The molecule has 0 fully saturated rings. The molecule has 0 aliphatic carbocycles. The lowest BCUT2D eigenvalue weighted by Crippen LogP contribution is -2.22. The van der Waals surface area contributed by atoms with Crippen LogP contribution in [0.3, 0.4) is 0 Å². The second-order valence-corrected chi connectivity index (χ2v) is 3.14. The molecule has 12 heavy (non-hydrogen) atoms. The molecule has 0 heterocycles. The van der Waals surface area contributed by atoms with Gasteiger partial charge < -0.3 is 14.9 Å². The van der Waals surface area contributed by atoms with Gasteiger partial charge in [0.2, 0.25) is 0 Å². The molecule has 71 valence electrons. The second-order valence-electron chi connectivity index (χ2n) is 3.14. The topological polar surface area (TPSA) is 42.3 Å². The average molecular weight is 172 g/mol. The van der Waals surface area contributed by atoms with Crippen molar-refractivity contribution < 1.29 is 9.47 Å². The Morgan fingerprint density at radius 1 is 1.08 bits per heavy atom. The van der Waals surface area contributed by atoms with Gasteiger partial charge in [-0.15, -0.1) is 0 Å². The van der Waals surface area contributed by atoms with E-state index < -0.39 is 0 Å². The van der Waals surface area contributed by atoms with Crippen LogP contribution in [0.5, 0.6) is 0 Å². The maximum absolute atomic E-state index is 7.04. The lowest BCUT2D eigenvalue weighted by Gasteiger charge is -2.16. The molecule has 1 atom stereocenters. The molecule has 0 aromatic rings. The van der Waals surface area contributed by atoms with Gasteiger partial charge in [0.1, 0.15) is 12.7 Å². The van der Waals surface area contributed by atoms with Crippen molar-refractivity contribution in [3.63, 3.8) is 0 Å². The molecule has 0 amide bonds. The zero-order chi connectivity index (χ0) is 9.56. The molecule has 1 N–H and O–H groups in total. The van der Waals surface area contributed by atoms with E-state index >= 15 is 0 Å². The van der Waals surface area contributed by atoms with Crippen LogP contribution in [0.2, 0.25) is 0 Å². The van der Waals surface area contributed by atoms with Crippen molar-refractivity contribution in [2.24, 2.45) is 0 Å². The monoisotopic (exact) mass is 172 g/mol. The molecule has 3 heteroatoms. The number of rotatable bonds is 6. The van der Waals surface area contributed by atoms with Crippen LogP contribution in [0.25, 0.3) is 0 Å².